The van der Waals surface area contributed by atoms with E-state index < -0.39 is 0 Å². The Bertz CT molecular complexity index is 310. The van der Waals surface area contributed by atoms with Crippen LogP contribution in [0.25, 0.3) is 0 Å². The summed E-state index contributed by atoms with van der Waals surface area (Å²) in [6.45, 7) is 6.15. The van der Waals surface area contributed by atoms with Crippen LogP contribution in [0.4, 0.5) is 5.69 Å². The Hall–Kier alpha value is -0.540. The Labute approximate surface area is 94.0 Å². The first-order valence-electron chi connectivity index (χ1n) is 4.79. The smallest absolute Gasteiger partial charge is 0.0381 e. The summed E-state index contributed by atoms with van der Waals surface area (Å²) in [6.07, 6.45) is 0. The van der Waals surface area contributed by atoms with Crippen molar-refractivity contribution >= 4 is 21.6 Å². The molecular weight excluding hydrogens is 240 g/mol. The Morgan fingerprint density at radius 2 is 2.00 bits per heavy atom. The number of hydrogen-bond acceptors (Lipinski definition) is 2. The molecule has 0 aromatic heterocycles. The van der Waals surface area contributed by atoms with Crippen molar-refractivity contribution in [1.82, 2.24) is 0 Å². The molecule has 3 heteroatoms. The Kier molecular flexibility index (Phi) is 3.96. The van der Waals surface area contributed by atoms with Crippen LogP contribution in [0.2, 0.25) is 0 Å². The van der Waals surface area contributed by atoms with Gasteiger partial charge in [0.1, 0.15) is 0 Å². The molecule has 0 fully saturated rings. The number of anilines is 1. The van der Waals surface area contributed by atoms with Gasteiger partial charge in [-0.15, -0.1) is 0 Å². The molecule has 0 saturated carbocycles. The lowest BCUT2D eigenvalue weighted by atomic mass is 10.1. The van der Waals surface area contributed by atoms with Crippen molar-refractivity contribution in [3.63, 3.8) is 0 Å². The highest BCUT2D eigenvalue weighted by Gasteiger charge is 2.06. The zero-order valence-corrected chi connectivity index (χ0v) is 10.4. The van der Waals surface area contributed by atoms with Gasteiger partial charge in [-0.3, -0.25) is 0 Å². The minimum atomic E-state index is 0.148. The maximum absolute atomic E-state index is 5.78. The molecule has 1 rings (SSSR count). The summed E-state index contributed by atoms with van der Waals surface area (Å²) in [5.41, 5.74) is 8.12. The molecule has 14 heavy (non-hydrogen) atoms. The summed E-state index contributed by atoms with van der Waals surface area (Å²) in [6, 6.07) is 6.66. The van der Waals surface area contributed by atoms with Crippen LogP contribution in [0.5, 0.6) is 0 Å². The fourth-order valence-electron chi connectivity index (χ4n) is 1.08. The van der Waals surface area contributed by atoms with Gasteiger partial charge in [0, 0.05) is 22.2 Å². The van der Waals surface area contributed by atoms with Crippen LogP contribution in [-0.4, -0.2) is 12.1 Å². The van der Waals surface area contributed by atoms with Crippen molar-refractivity contribution in [1.29, 1.82) is 0 Å². The number of aryl methyl sites for hydroxylation is 1. The SMILES string of the molecule is Cc1ccc(NC(C)C(C)N)cc1Br. The molecule has 0 radical (unpaired) electrons. The van der Waals surface area contributed by atoms with Gasteiger partial charge >= 0.3 is 0 Å². The first kappa shape index (κ1) is 11.5. The molecule has 1 aromatic rings. The highest BCUT2D eigenvalue weighted by atomic mass is 79.9. The lowest BCUT2D eigenvalue weighted by Gasteiger charge is -2.19. The zero-order valence-electron chi connectivity index (χ0n) is 8.84. The van der Waals surface area contributed by atoms with E-state index in [1.807, 2.05) is 6.92 Å². The van der Waals surface area contributed by atoms with E-state index in [-0.39, 0.29) is 12.1 Å². The topological polar surface area (TPSA) is 38.0 Å². The molecule has 0 aliphatic rings. The number of hydrogen-bond donors (Lipinski definition) is 2. The van der Waals surface area contributed by atoms with Gasteiger partial charge < -0.3 is 11.1 Å². The van der Waals surface area contributed by atoms with Crippen molar-refractivity contribution in [2.24, 2.45) is 5.73 Å². The van der Waals surface area contributed by atoms with Crippen LogP contribution in [0, 0.1) is 6.92 Å². The summed E-state index contributed by atoms with van der Waals surface area (Å²) < 4.78 is 1.12. The molecule has 78 valence electrons. The molecule has 0 aliphatic heterocycles. The minimum absolute atomic E-state index is 0.148. The Morgan fingerprint density at radius 1 is 1.36 bits per heavy atom. The van der Waals surface area contributed by atoms with Crippen LogP contribution >= 0.6 is 15.9 Å². The minimum Gasteiger partial charge on any atom is -0.381 e. The molecule has 0 spiro atoms. The van der Waals surface area contributed by atoms with E-state index in [1.165, 1.54) is 5.56 Å². The van der Waals surface area contributed by atoms with Gasteiger partial charge in [-0.25, -0.2) is 0 Å². The molecule has 0 heterocycles. The Balaban J connectivity index is 2.73. The zero-order chi connectivity index (χ0) is 10.7. The standard InChI is InChI=1S/C11H17BrN2/c1-7-4-5-10(6-11(7)12)14-9(3)8(2)13/h4-6,8-9,14H,13H2,1-3H3. The van der Waals surface area contributed by atoms with E-state index >= 15 is 0 Å². The van der Waals surface area contributed by atoms with Crippen molar-refractivity contribution < 1.29 is 0 Å². The van der Waals surface area contributed by atoms with Gasteiger partial charge in [0.15, 0.2) is 0 Å². The largest absolute Gasteiger partial charge is 0.381 e. The summed E-state index contributed by atoms with van der Waals surface area (Å²) in [4.78, 5) is 0. The highest BCUT2D eigenvalue weighted by molar-refractivity contribution is 9.10. The molecule has 2 nitrogen and oxygen atoms in total. The number of halogens is 1. The first-order valence-corrected chi connectivity index (χ1v) is 5.58. The summed E-state index contributed by atoms with van der Waals surface area (Å²) in [7, 11) is 0. The van der Waals surface area contributed by atoms with Crippen LogP contribution in [0.1, 0.15) is 19.4 Å². The summed E-state index contributed by atoms with van der Waals surface area (Å²) in [5.74, 6) is 0. The molecule has 0 aliphatic carbocycles. The van der Waals surface area contributed by atoms with E-state index in [9.17, 15) is 0 Å². The van der Waals surface area contributed by atoms with E-state index in [4.69, 9.17) is 5.73 Å². The molecular formula is C11H17BrN2. The van der Waals surface area contributed by atoms with E-state index in [0.29, 0.717) is 0 Å². The molecule has 0 bridgehead atoms. The monoisotopic (exact) mass is 256 g/mol. The second-order valence-corrected chi connectivity index (χ2v) is 4.61. The average Bonchev–Trinajstić information content (AvgIpc) is 2.11. The van der Waals surface area contributed by atoms with Gasteiger partial charge in [0.05, 0.1) is 0 Å². The maximum atomic E-state index is 5.78. The molecule has 0 amide bonds. The van der Waals surface area contributed by atoms with Crippen molar-refractivity contribution in [2.45, 2.75) is 32.9 Å². The fourth-order valence-corrected chi connectivity index (χ4v) is 1.46. The molecule has 3 N–H and O–H groups in total. The lowest BCUT2D eigenvalue weighted by Crippen LogP contribution is -2.35. The molecule has 2 unspecified atom stereocenters. The van der Waals surface area contributed by atoms with Crippen LogP contribution in [-0.2, 0) is 0 Å². The number of benzene rings is 1. The van der Waals surface area contributed by atoms with Crippen LogP contribution in [0.15, 0.2) is 22.7 Å². The van der Waals surface area contributed by atoms with Gasteiger partial charge in [-0.05, 0) is 38.5 Å². The number of nitrogens with one attached hydrogen (secondary N) is 1. The second-order valence-electron chi connectivity index (χ2n) is 3.76. The quantitative estimate of drug-likeness (QED) is 0.873. The number of nitrogens with two attached hydrogens (primary N) is 1. The summed E-state index contributed by atoms with van der Waals surface area (Å²) >= 11 is 3.50. The van der Waals surface area contributed by atoms with Gasteiger partial charge in [-0.1, -0.05) is 22.0 Å². The lowest BCUT2D eigenvalue weighted by molar-refractivity contribution is 0.638. The van der Waals surface area contributed by atoms with E-state index in [0.717, 1.165) is 10.2 Å². The first-order chi connectivity index (χ1) is 6.50. The molecule has 1 aromatic carbocycles. The van der Waals surface area contributed by atoms with Gasteiger partial charge in [0.2, 0.25) is 0 Å². The van der Waals surface area contributed by atoms with E-state index in [2.05, 4.69) is 53.3 Å². The van der Waals surface area contributed by atoms with Crippen molar-refractivity contribution in [3.05, 3.63) is 28.2 Å². The van der Waals surface area contributed by atoms with Gasteiger partial charge in [0.25, 0.3) is 0 Å². The predicted molar refractivity (Wildman–Crippen MR) is 65.6 cm³/mol. The van der Waals surface area contributed by atoms with Crippen molar-refractivity contribution in [3.8, 4) is 0 Å². The van der Waals surface area contributed by atoms with Gasteiger partial charge in [-0.2, -0.15) is 0 Å². The third-order valence-corrected chi connectivity index (χ3v) is 3.21. The average molecular weight is 257 g/mol. The Morgan fingerprint density at radius 3 is 2.50 bits per heavy atom. The van der Waals surface area contributed by atoms with E-state index in [1.54, 1.807) is 0 Å². The van der Waals surface area contributed by atoms with Crippen molar-refractivity contribution in [2.75, 3.05) is 5.32 Å². The highest BCUT2D eigenvalue weighted by Crippen LogP contribution is 2.21. The summed E-state index contributed by atoms with van der Waals surface area (Å²) in [5, 5.41) is 3.35. The van der Waals surface area contributed by atoms with Crippen LogP contribution in [0.3, 0.4) is 0 Å². The third kappa shape index (κ3) is 3.00. The molecule has 0 saturated heterocycles. The second kappa shape index (κ2) is 4.80. The fraction of sp³-hybridized carbons (Fsp3) is 0.455. The maximum Gasteiger partial charge on any atom is 0.0381 e. The third-order valence-electron chi connectivity index (χ3n) is 2.35. The normalized spacial score (nSPS) is 14.9. The number of rotatable bonds is 3. The van der Waals surface area contributed by atoms with Crippen LogP contribution < -0.4 is 11.1 Å². The molecule has 2 atom stereocenters. The predicted octanol–water partition coefficient (Wildman–Crippen LogP) is 2.91.